The molecule has 0 unspecified atom stereocenters. The van der Waals surface area contributed by atoms with Gasteiger partial charge in [-0.1, -0.05) is 17.7 Å². The average molecular weight is 279 g/mol. The smallest absolute Gasteiger partial charge is 0.223 e. The summed E-state index contributed by atoms with van der Waals surface area (Å²) in [7, 11) is 3.45. The van der Waals surface area contributed by atoms with Gasteiger partial charge in [0.15, 0.2) is 6.29 Å². The summed E-state index contributed by atoms with van der Waals surface area (Å²) in [5.74, 6) is 0.0523. The lowest BCUT2D eigenvalue weighted by atomic mass is 10.2. The maximum Gasteiger partial charge on any atom is 0.223 e. The fourth-order valence-electron chi connectivity index (χ4n) is 2.01. The normalized spacial score (nSPS) is 10.7. The van der Waals surface area contributed by atoms with Gasteiger partial charge in [-0.25, -0.2) is 0 Å². The molecule has 0 spiro atoms. The second-order valence-electron chi connectivity index (χ2n) is 4.60. The van der Waals surface area contributed by atoms with E-state index in [4.69, 9.17) is 11.6 Å². The van der Waals surface area contributed by atoms with Crippen molar-refractivity contribution < 1.29 is 9.59 Å². The van der Waals surface area contributed by atoms with E-state index in [1.54, 1.807) is 31.3 Å². The van der Waals surface area contributed by atoms with Crippen molar-refractivity contribution in [3.05, 3.63) is 35.0 Å². The Balaban J connectivity index is 2.35. The molecule has 0 saturated heterocycles. The predicted molar refractivity (Wildman–Crippen MR) is 75.6 cm³/mol. The van der Waals surface area contributed by atoms with E-state index in [2.05, 4.69) is 0 Å². The summed E-state index contributed by atoms with van der Waals surface area (Å²) < 4.78 is 1.90. The molecule has 0 aliphatic carbocycles. The number of nitrogens with zero attached hydrogens (tertiary/aromatic N) is 2. The van der Waals surface area contributed by atoms with Crippen molar-refractivity contribution in [2.45, 2.75) is 13.0 Å². The number of hydrogen-bond acceptors (Lipinski definition) is 2. The summed E-state index contributed by atoms with van der Waals surface area (Å²) in [4.78, 5) is 24.2. The van der Waals surface area contributed by atoms with Crippen LogP contribution < -0.4 is 0 Å². The Kier molecular flexibility index (Phi) is 3.90. The van der Waals surface area contributed by atoms with E-state index in [1.165, 1.54) is 0 Å². The number of hydrogen-bond donors (Lipinski definition) is 0. The molecule has 0 aliphatic heterocycles. The van der Waals surface area contributed by atoms with Gasteiger partial charge in [-0.15, -0.1) is 0 Å². The van der Waals surface area contributed by atoms with Gasteiger partial charge in [0.25, 0.3) is 0 Å². The molecule has 100 valence electrons. The zero-order valence-corrected chi connectivity index (χ0v) is 11.6. The number of aryl methyl sites for hydroxylation is 1. The lowest BCUT2D eigenvalue weighted by Gasteiger charge is -2.11. The number of halogens is 1. The molecule has 5 heteroatoms. The van der Waals surface area contributed by atoms with E-state index in [9.17, 15) is 9.59 Å². The van der Waals surface area contributed by atoms with Gasteiger partial charge >= 0.3 is 0 Å². The molecule has 0 bridgehead atoms. The van der Waals surface area contributed by atoms with Crippen LogP contribution in [0.4, 0.5) is 0 Å². The van der Waals surface area contributed by atoms with Crippen molar-refractivity contribution >= 4 is 34.7 Å². The van der Waals surface area contributed by atoms with Crippen molar-refractivity contribution in [2.75, 3.05) is 14.1 Å². The van der Waals surface area contributed by atoms with Crippen LogP contribution in [-0.4, -0.2) is 35.8 Å². The van der Waals surface area contributed by atoms with E-state index in [-0.39, 0.29) is 5.91 Å². The summed E-state index contributed by atoms with van der Waals surface area (Å²) >= 11 is 5.98. The van der Waals surface area contributed by atoms with Gasteiger partial charge in [-0.05, 0) is 12.1 Å². The molecule has 0 N–H and O–H groups in total. The number of aldehydes is 1. The van der Waals surface area contributed by atoms with Crippen LogP contribution in [0.25, 0.3) is 10.9 Å². The van der Waals surface area contributed by atoms with E-state index < -0.39 is 0 Å². The summed E-state index contributed by atoms with van der Waals surface area (Å²) in [6.45, 7) is 0.529. The monoisotopic (exact) mass is 278 g/mol. The standard InChI is InChI=1S/C14H15ClN2O2/c1-16(2)14(19)5-6-17-8-10(9-18)12-4-3-11(15)7-13(12)17/h3-4,7-9H,5-6H2,1-2H3. The highest BCUT2D eigenvalue weighted by Crippen LogP contribution is 2.24. The Hall–Kier alpha value is -1.81. The minimum Gasteiger partial charge on any atom is -0.349 e. The van der Waals surface area contributed by atoms with Crippen molar-refractivity contribution in [3.8, 4) is 0 Å². The molecule has 0 atom stereocenters. The van der Waals surface area contributed by atoms with Crippen LogP contribution >= 0.6 is 11.6 Å². The third kappa shape index (κ3) is 2.79. The second kappa shape index (κ2) is 5.45. The van der Waals surface area contributed by atoms with E-state index in [0.717, 1.165) is 17.2 Å². The van der Waals surface area contributed by atoms with Crippen molar-refractivity contribution in [1.29, 1.82) is 0 Å². The first-order chi connectivity index (χ1) is 9.02. The lowest BCUT2D eigenvalue weighted by Crippen LogP contribution is -2.22. The molecule has 1 aromatic heterocycles. The Morgan fingerprint density at radius 1 is 1.42 bits per heavy atom. The fraction of sp³-hybridized carbons (Fsp3) is 0.286. The van der Waals surface area contributed by atoms with E-state index in [0.29, 0.717) is 23.6 Å². The predicted octanol–water partition coefficient (Wildman–Crippen LogP) is 2.59. The fourth-order valence-corrected chi connectivity index (χ4v) is 2.18. The highest BCUT2D eigenvalue weighted by atomic mass is 35.5. The highest BCUT2D eigenvalue weighted by Gasteiger charge is 2.10. The maximum absolute atomic E-state index is 11.6. The number of fused-ring (bicyclic) bond motifs is 1. The molecule has 0 saturated carbocycles. The van der Waals surface area contributed by atoms with Crippen LogP contribution in [0.5, 0.6) is 0 Å². The van der Waals surface area contributed by atoms with Crippen LogP contribution in [0, 0.1) is 0 Å². The summed E-state index contributed by atoms with van der Waals surface area (Å²) in [6, 6.07) is 5.39. The maximum atomic E-state index is 11.6. The topological polar surface area (TPSA) is 42.3 Å². The van der Waals surface area contributed by atoms with Crippen molar-refractivity contribution in [3.63, 3.8) is 0 Å². The van der Waals surface area contributed by atoms with Gasteiger partial charge in [-0.2, -0.15) is 0 Å². The molecule has 2 rings (SSSR count). The molecule has 1 amide bonds. The third-order valence-electron chi connectivity index (χ3n) is 3.07. The number of rotatable bonds is 4. The molecular weight excluding hydrogens is 264 g/mol. The third-order valence-corrected chi connectivity index (χ3v) is 3.30. The number of benzene rings is 1. The molecule has 0 aliphatic rings. The SMILES string of the molecule is CN(C)C(=O)CCn1cc(C=O)c2ccc(Cl)cc21. The zero-order valence-electron chi connectivity index (χ0n) is 10.9. The minimum atomic E-state index is 0.0523. The Bertz CT molecular complexity index is 632. The van der Waals surface area contributed by atoms with E-state index >= 15 is 0 Å². The number of aromatic nitrogens is 1. The number of amides is 1. The van der Waals surface area contributed by atoms with Gasteiger partial charge in [0.05, 0.1) is 5.52 Å². The zero-order chi connectivity index (χ0) is 14.0. The van der Waals surface area contributed by atoms with Crippen LogP contribution in [-0.2, 0) is 11.3 Å². The first-order valence-electron chi connectivity index (χ1n) is 5.96. The molecule has 0 radical (unpaired) electrons. The van der Waals surface area contributed by atoms with Gasteiger partial charge in [0.2, 0.25) is 5.91 Å². The summed E-state index contributed by atoms with van der Waals surface area (Å²) in [6.07, 6.45) is 2.97. The van der Waals surface area contributed by atoms with E-state index in [1.807, 2.05) is 16.7 Å². The Morgan fingerprint density at radius 2 is 2.16 bits per heavy atom. The Labute approximate surface area is 116 Å². The van der Waals surface area contributed by atoms with Gasteiger partial charge in [0.1, 0.15) is 0 Å². The summed E-state index contributed by atoms with van der Waals surface area (Å²) in [5, 5.41) is 1.47. The highest BCUT2D eigenvalue weighted by molar-refractivity contribution is 6.31. The lowest BCUT2D eigenvalue weighted by molar-refractivity contribution is -0.128. The molecule has 1 aromatic carbocycles. The van der Waals surface area contributed by atoms with Crippen molar-refractivity contribution in [2.24, 2.45) is 0 Å². The first kappa shape index (κ1) is 13.6. The molecule has 2 aromatic rings. The number of carbonyl (C=O) groups excluding carboxylic acids is 2. The molecule has 19 heavy (non-hydrogen) atoms. The van der Waals surface area contributed by atoms with Gasteiger partial charge in [-0.3, -0.25) is 9.59 Å². The first-order valence-corrected chi connectivity index (χ1v) is 6.34. The van der Waals surface area contributed by atoms with Crippen LogP contribution in [0.1, 0.15) is 16.8 Å². The summed E-state index contributed by atoms with van der Waals surface area (Å²) in [5.41, 5.74) is 1.49. The van der Waals surface area contributed by atoms with Crippen LogP contribution in [0.15, 0.2) is 24.4 Å². The van der Waals surface area contributed by atoms with Crippen LogP contribution in [0.2, 0.25) is 5.02 Å². The quantitative estimate of drug-likeness (QED) is 0.807. The average Bonchev–Trinajstić information content (AvgIpc) is 2.73. The molecule has 4 nitrogen and oxygen atoms in total. The largest absolute Gasteiger partial charge is 0.349 e. The Morgan fingerprint density at radius 3 is 2.79 bits per heavy atom. The van der Waals surface area contributed by atoms with Crippen molar-refractivity contribution in [1.82, 2.24) is 9.47 Å². The minimum absolute atomic E-state index is 0.0523. The molecular formula is C14H15ClN2O2. The molecule has 0 fully saturated rings. The second-order valence-corrected chi connectivity index (χ2v) is 5.03. The van der Waals surface area contributed by atoms with Gasteiger partial charge < -0.3 is 9.47 Å². The van der Waals surface area contributed by atoms with Gasteiger partial charge in [0, 0.05) is 49.2 Å². The van der Waals surface area contributed by atoms with Crippen LogP contribution in [0.3, 0.4) is 0 Å². The molecule has 1 heterocycles. The number of carbonyl (C=O) groups is 2.